The highest BCUT2D eigenvalue weighted by Gasteiger charge is 2.50. The van der Waals surface area contributed by atoms with E-state index in [0.717, 1.165) is 55.0 Å². The summed E-state index contributed by atoms with van der Waals surface area (Å²) in [6, 6.07) is 19.2. The van der Waals surface area contributed by atoms with Gasteiger partial charge >= 0.3 is 6.03 Å². The number of nitrogens with zero attached hydrogens (tertiary/aromatic N) is 4. The molecule has 2 saturated heterocycles. The van der Waals surface area contributed by atoms with Gasteiger partial charge in [0.05, 0.1) is 23.2 Å². The molecule has 9 rings (SSSR count). The molecule has 13 nitrogen and oxygen atoms in total. The van der Waals surface area contributed by atoms with Crippen LogP contribution in [-0.2, 0) is 22.2 Å². The van der Waals surface area contributed by atoms with Crippen LogP contribution in [0.1, 0.15) is 90.8 Å². The minimum atomic E-state index is -1.08. The highest BCUT2D eigenvalue weighted by Crippen LogP contribution is 2.56. The van der Waals surface area contributed by atoms with Gasteiger partial charge in [-0.05, 0) is 79.8 Å². The molecule has 4 aromatic carbocycles. The first kappa shape index (κ1) is 43.2. The van der Waals surface area contributed by atoms with Crippen molar-refractivity contribution in [3.63, 3.8) is 0 Å². The molecule has 3 fully saturated rings. The van der Waals surface area contributed by atoms with Gasteiger partial charge in [-0.1, -0.05) is 54.9 Å². The third-order valence-corrected chi connectivity index (χ3v) is 14.3. The van der Waals surface area contributed by atoms with Gasteiger partial charge in [0.25, 0.3) is 0 Å². The topological polar surface area (TPSA) is 161 Å². The van der Waals surface area contributed by atoms with E-state index < -0.39 is 35.1 Å². The largest absolute Gasteiger partial charge is 0.494 e. The van der Waals surface area contributed by atoms with E-state index >= 15 is 8.78 Å². The number of halogens is 3. The molecule has 1 aromatic heterocycles. The maximum atomic E-state index is 16.2. The Hall–Kier alpha value is -6.06. The van der Waals surface area contributed by atoms with Crippen LogP contribution in [0, 0.1) is 17.6 Å². The standard InChI is InChI=1S/C48H50ClF2N7O6/c1-26-39-37(24-34(50)42(49)41(39)40-33(44(52)60)15-16-36(63-3)43(40)51)64-48(26,30-7-5-4-6-8-30)25-53-31-12-9-28(10-13-31)46(61)57-20-17-27(18-21-57)29-11-14-32-35(23-29)56(2)55-45(32)58-22-19-38(59)54-47(58)62/h4-8,11,14-16,23-24,26-28,31,53H,9-10,12-13,17-22,25H2,1-3H3,(H2,52,60)(H,54,59,62)/t26-,28?,31?,48-/m0/s1. The van der Waals surface area contributed by atoms with Gasteiger partial charge in [-0.3, -0.25) is 29.3 Å². The van der Waals surface area contributed by atoms with E-state index in [-0.39, 0.29) is 75.9 Å². The van der Waals surface area contributed by atoms with Gasteiger partial charge in [0.1, 0.15) is 11.6 Å². The molecule has 4 aliphatic rings. The van der Waals surface area contributed by atoms with Crippen molar-refractivity contribution in [2.45, 2.75) is 75.3 Å². The summed E-state index contributed by atoms with van der Waals surface area (Å²) >= 11 is 6.69. The van der Waals surface area contributed by atoms with Crippen LogP contribution in [0.4, 0.5) is 19.4 Å². The summed E-state index contributed by atoms with van der Waals surface area (Å²) in [7, 11) is 3.14. The Bertz CT molecular complexity index is 2680. The molecule has 2 atom stereocenters. The number of fused-ring (bicyclic) bond motifs is 2. The lowest BCUT2D eigenvalue weighted by molar-refractivity contribution is -0.137. The number of benzene rings is 4. The van der Waals surface area contributed by atoms with Crippen molar-refractivity contribution in [3.8, 4) is 22.6 Å². The fourth-order valence-corrected chi connectivity index (χ4v) is 10.6. The van der Waals surface area contributed by atoms with Crippen molar-refractivity contribution in [1.82, 2.24) is 25.3 Å². The first-order valence-corrected chi connectivity index (χ1v) is 22.2. The summed E-state index contributed by atoms with van der Waals surface area (Å²) in [5.41, 5.74) is 7.55. The average Bonchev–Trinajstić information content (AvgIpc) is 3.78. The number of piperidine rings is 1. The molecule has 0 radical (unpaired) electrons. The minimum Gasteiger partial charge on any atom is -0.494 e. The Morgan fingerprint density at radius 3 is 2.41 bits per heavy atom. The summed E-state index contributed by atoms with van der Waals surface area (Å²) in [4.78, 5) is 54.4. The van der Waals surface area contributed by atoms with E-state index in [4.69, 9.17) is 26.8 Å². The fourth-order valence-electron chi connectivity index (χ4n) is 10.4. The van der Waals surface area contributed by atoms with Gasteiger partial charge in [-0.25, -0.2) is 13.6 Å². The molecular weight excluding hydrogens is 844 g/mol. The minimum absolute atomic E-state index is 0.0105. The zero-order valence-corrected chi connectivity index (χ0v) is 36.6. The number of aromatic nitrogens is 2. The number of nitrogens with two attached hydrogens (primary N) is 1. The Morgan fingerprint density at radius 1 is 0.984 bits per heavy atom. The number of aryl methyl sites for hydroxylation is 1. The van der Waals surface area contributed by atoms with E-state index in [1.54, 1.807) is 4.68 Å². The third kappa shape index (κ3) is 7.51. The van der Waals surface area contributed by atoms with Gasteiger partial charge < -0.3 is 25.4 Å². The maximum absolute atomic E-state index is 16.2. The number of anilines is 1. The molecule has 0 bridgehead atoms. The van der Waals surface area contributed by atoms with Crippen LogP contribution in [0.2, 0.25) is 5.02 Å². The number of methoxy groups -OCH3 is 1. The van der Waals surface area contributed by atoms with Gasteiger partial charge in [0, 0.05) is 85.7 Å². The zero-order valence-electron chi connectivity index (χ0n) is 35.9. The molecule has 1 saturated carbocycles. The zero-order chi connectivity index (χ0) is 45.0. The van der Waals surface area contributed by atoms with Gasteiger partial charge in [-0.2, -0.15) is 5.10 Å². The predicted octanol–water partition coefficient (Wildman–Crippen LogP) is 7.67. The van der Waals surface area contributed by atoms with Crippen LogP contribution < -0.4 is 30.7 Å². The second-order valence-corrected chi connectivity index (χ2v) is 17.8. The first-order valence-electron chi connectivity index (χ1n) is 21.8. The number of nitrogens with one attached hydrogen (secondary N) is 2. The van der Waals surface area contributed by atoms with Crippen molar-refractivity contribution >= 4 is 52.1 Å². The summed E-state index contributed by atoms with van der Waals surface area (Å²) in [6.07, 6.45) is 4.88. The van der Waals surface area contributed by atoms with E-state index in [0.29, 0.717) is 31.0 Å². The second-order valence-electron chi connectivity index (χ2n) is 17.4. The van der Waals surface area contributed by atoms with Crippen molar-refractivity contribution in [1.29, 1.82) is 0 Å². The van der Waals surface area contributed by atoms with Crippen molar-refractivity contribution in [2.75, 3.05) is 38.2 Å². The smallest absolute Gasteiger partial charge is 0.329 e. The number of hydrogen-bond donors (Lipinski definition) is 3. The lowest BCUT2D eigenvalue weighted by Crippen LogP contribution is -2.49. The molecule has 16 heteroatoms. The molecule has 64 heavy (non-hydrogen) atoms. The van der Waals surface area contributed by atoms with Crippen molar-refractivity contribution in [3.05, 3.63) is 106 Å². The Balaban J connectivity index is 0.863. The molecule has 1 aliphatic carbocycles. The fraction of sp³-hybridized carbons (Fsp3) is 0.396. The number of hydrogen-bond acceptors (Lipinski definition) is 8. The highest BCUT2D eigenvalue weighted by atomic mass is 35.5. The quantitative estimate of drug-likeness (QED) is 0.129. The molecule has 0 unspecified atom stereocenters. The van der Waals surface area contributed by atoms with E-state index in [9.17, 15) is 19.2 Å². The highest BCUT2D eigenvalue weighted by molar-refractivity contribution is 6.34. The molecule has 5 amide bonds. The van der Waals surface area contributed by atoms with Gasteiger partial charge in [0.2, 0.25) is 17.7 Å². The average molecular weight is 894 g/mol. The Morgan fingerprint density at radius 2 is 1.72 bits per heavy atom. The molecule has 3 aliphatic heterocycles. The monoisotopic (exact) mass is 893 g/mol. The molecule has 5 aromatic rings. The Labute approximate surface area is 374 Å². The van der Waals surface area contributed by atoms with Crippen LogP contribution in [0.15, 0.2) is 66.7 Å². The number of likely N-dealkylation sites (tertiary alicyclic amines) is 1. The number of rotatable bonds is 10. The van der Waals surface area contributed by atoms with Crippen LogP contribution >= 0.6 is 11.6 Å². The van der Waals surface area contributed by atoms with Gasteiger partial charge in [-0.15, -0.1) is 0 Å². The lowest BCUT2D eigenvalue weighted by Gasteiger charge is -2.38. The number of carbonyl (C=O) groups is 4. The number of carbonyl (C=O) groups excluding carboxylic acids is 4. The van der Waals surface area contributed by atoms with E-state index in [2.05, 4.69) is 27.9 Å². The third-order valence-electron chi connectivity index (χ3n) is 13.9. The number of ether oxygens (including phenoxy) is 2. The van der Waals surface area contributed by atoms with Crippen molar-refractivity contribution < 1.29 is 37.4 Å². The summed E-state index contributed by atoms with van der Waals surface area (Å²) in [6.45, 7) is 3.85. The van der Waals surface area contributed by atoms with Gasteiger partial charge in [0.15, 0.2) is 23.0 Å². The summed E-state index contributed by atoms with van der Waals surface area (Å²) in [5.74, 6) is -2.51. The summed E-state index contributed by atoms with van der Waals surface area (Å²) < 4.78 is 45.8. The lowest BCUT2D eigenvalue weighted by atomic mass is 9.77. The first-order chi connectivity index (χ1) is 30.8. The Kier molecular flexibility index (Phi) is 11.6. The molecule has 0 spiro atoms. The number of urea groups is 1. The van der Waals surface area contributed by atoms with Crippen LogP contribution in [0.5, 0.6) is 11.5 Å². The number of primary amides is 1. The molecule has 4 N–H and O–H groups in total. The normalized spacial score (nSPS) is 22.6. The predicted molar refractivity (Wildman–Crippen MR) is 238 cm³/mol. The van der Waals surface area contributed by atoms with Crippen LogP contribution in [0.3, 0.4) is 0 Å². The second kappa shape index (κ2) is 17.1. The SMILES string of the molecule is COc1ccc(C(N)=O)c(-c2c(Cl)c(F)cc3c2[C@H](C)[C@@](CNC2CCC(C(=O)N4CCC(c5ccc6c(N7CCC(=O)NC7=O)nn(C)c6c5)CC4)CC2)(c2ccccc2)O3)c1F. The number of amides is 5. The molecule has 4 heterocycles. The molecule has 334 valence electrons. The van der Waals surface area contributed by atoms with E-state index in [1.807, 2.05) is 55.3 Å². The van der Waals surface area contributed by atoms with E-state index in [1.165, 1.54) is 35.8 Å². The maximum Gasteiger partial charge on any atom is 0.329 e. The number of imide groups is 1. The van der Waals surface area contributed by atoms with Crippen LogP contribution in [-0.4, -0.2) is 77.8 Å². The van der Waals surface area contributed by atoms with Crippen LogP contribution in [0.25, 0.3) is 22.0 Å². The molecular formula is C48H50ClF2N7O6. The summed E-state index contributed by atoms with van der Waals surface area (Å²) in [5, 5.41) is 11.2. The van der Waals surface area contributed by atoms with Crippen molar-refractivity contribution in [2.24, 2.45) is 18.7 Å².